The van der Waals surface area contributed by atoms with Gasteiger partial charge in [-0.05, 0) is 44.5 Å². The summed E-state index contributed by atoms with van der Waals surface area (Å²) in [7, 11) is 0. The van der Waals surface area contributed by atoms with Crippen LogP contribution >= 0.6 is 0 Å². The van der Waals surface area contributed by atoms with Crippen LogP contribution in [0.1, 0.15) is 31.2 Å². The molecule has 0 saturated carbocycles. The molecule has 0 aliphatic carbocycles. The van der Waals surface area contributed by atoms with Crippen molar-refractivity contribution in [3.63, 3.8) is 0 Å². The maximum Gasteiger partial charge on any atom is 0.162 e. The summed E-state index contributed by atoms with van der Waals surface area (Å²) in [6.07, 6.45) is 0. The summed E-state index contributed by atoms with van der Waals surface area (Å²) in [5.74, 6) is -1.49. The first-order valence-corrected chi connectivity index (χ1v) is 9.17. The summed E-state index contributed by atoms with van der Waals surface area (Å²) in [6, 6.07) is 6.80. The van der Waals surface area contributed by atoms with Gasteiger partial charge in [-0.25, -0.2) is 13.2 Å². The number of nitrogens with zero attached hydrogens (tertiary/aromatic N) is 4. The maximum atomic E-state index is 15.9. The number of anilines is 1. The van der Waals surface area contributed by atoms with Crippen molar-refractivity contribution in [2.24, 2.45) is 0 Å². The first kappa shape index (κ1) is 18.2. The number of hydrogen-bond donors (Lipinski definition) is 2. The van der Waals surface area contributed by atoms with E-state index >= 15 is 8.78 Å². The lowest BCUT2D eigenvalue weighted by Crippen LogP contribution is -2.36. The Hall–Kier alpha value is -3.80. The van der Waals surface area contributed by atoms with E-state index in [0.29, 0.717) is 17.0 Å². The van der Waals surface area contributed by atoms with E-state index in [1.54, 1.807) is 11.5 Å². The van der Waals surface area contributed by atoms with Crippen LogP contribution in [0.4, 0.5) is 18.9 Å². The molecule has 5 rings (SSSR count). The fraction of sp³-hybridized carbons (Fsp3) is 0.190. The average molecular weight is 408 g/mol. The zero-order chi connectivity index (χ0) is 21.4. The van der Waals surface area contributed by atoms with E-state index in [0.717, 1.165) is 6.07 Å². The molecule has 0 radical (unpaired) electrons. The maximum absolute atomic E-state index is 15.9. The molecule has 0 saturated heterocycles. The van der Waals surface area contributed by atoms with Crippen LogP contribution < -0.4 is 5.32 Å². The molecule has 0 unspecified atom stereocenters. The van der Waals surface area contributed by atoms with Crippen molar-refractivity contribution in [2.45, 2.75) is 26.3 Å². The van der Waals surface area contributed by atoms with Gasteiger partial charge in [-0.15, -0.1) is 10.2 Å². The highest BCUT2D eigenvalue weighted by molar-refractivity contribution is 5.97. The van der Waals surface area contributed by atoms with Gasteiger partial charge in [0.05, 0.1) is 16.8 Å². The number of rotatable bonds is 1. The first-order valence-electron chi connectivity index (χ1n) is 9.17. The van der Waals surface area contributed by atoms with Gasteiger partial charge >= 0.3 is 0 Å². The van der Waals surface area contributed by atoms with Crippen molar-refractivity contribution in [3.05, 3.63) is 59.1 Å². The smallest absolute Gasteiger partial charge is 0.162 e. The summed E-state index contributed by atoms with van der Waals surface area (Å²) in [6.45, 7) is 5.34. The lowest BCUT2D eigenvalue weighted by atomic mass is 9.95. The number of H-pyrrole nitrogens is 1. The first-order chi connectivity index (χ1) is 14.2. The molecule has 9 heteroatoms. The number of benzene rings is 2. The number of aromatic nitrogens is 4. The predicted octanol–water partition coefficient (Wildman–Crippen LogP) is 4.67. The van der Waals surface area contributed by atoms with E-state index in [4.69, 9.17) is 5.26 Å². The van der Waals surface area contributed by atoms with Crippen LogP contribution in [-0.4, -0.2) is 19.7 Å². The zero-order valence-electron chi connectivity index (χ0n) is 16.2. The van der Waals surface area contributed by atoms with Crippen LogP contribution in [0.2, 0.25) is 0 Å². The van der Waals surface area contributed by atoms with Crippen molar-refractivity contribution in [3.8, 4) is 22.9 Å². The van der Waals surface area contributed by atoms with Crippen LogP contribution in [0.5, 0.6) is 0 Å². The lowest BCUT2D eigenvalue weighted by Gasteiger charge is -2.34. The van der Waals surface area contributed by atoms with E-state index in [2.05, 4.69) is 20.5 Å². The molecule has 150 valence electrons. The largest absolute Gasteiger partial charge is 0.371 e. The van der Waals surface area contributed by atoms with Gasteiger partial charge in [-0.2, -0.15) is 5.26 Å². The van der Waals surface area contributed by atoms with Gasteiger partial charge in [0.25, 0.3) is 0 Å². The number of fused-ring (bicyclic) bond motifs is 4. The Morgan fingerprint density at radius 2 is 1.87 bits per heavy atom. The second-order valence-electron chi connectivity index (χ2n) is 7.81. The fourth-order valence-corrected chi connectivity index (χ4v) is 4.07. The average Bonchev–Trinajstić information content (AvgIpc) is 3.25. The minimum absolute atomic E-state index is 0.0117. The quantitative estimate of drug-likeness (QED) is 0.479. The van der Waals surface area contributed by atoms with Crippen molar-refractivity contribution in [1.82, 2.24) is 19.7 Å². The Balaban J connectivity index is 1.87. The summed E-state index contributed by atoms with van der Waals surface area (Å²) in [5, 5.41) is 20.8. The van der Waals surface area contributed by atoms with Crippen LogP contribution in [0, 0.1) is 35.7 Å². The molecule has 0 amide bonds. The molecule has 0 spiro atoms. The SMILES string of the molecule is Cc1nnc2n1-c1c(cc(F)c(-c3cc(F)cc4[nH]c(C#N)cc34)c1F)NC2(C)C. The van der Waals surface area contributed by atoms with Crippen LogP contribution in [-0.2, 0) is 5.54 Å². The normalized spacial score (nSPS) is 14.2. The monoisotopic (exact) mass is 408 g/mol. The molecule has 2 N–H and O–H groups in total. The zero-order valence-corrected chi connectivity index (χ0v) is 16.2. The molecule has 2 aromatic carbocycles. The summed E-state index contributed by atoms with van der Waals surface area (Å²) in [5.41, 5.74) is -0.331. The van der Waals surface area contributed by atoms with Crippen LogP contribution in [0.25, 0.3) is 27.7 Å². The molecule has 0 fully saturated rings. The summed E-state index contributed by atoms with van der Waals surface area (Å²) < 4.78 is 46.9. The number of halogens is 3. The number of aromatic amines is 1. The van der Waals surface area contributed by atoms with E-state index in [1.165, 1.54) is 18.2 Å². The highest BCUT2D eigenvalue weighted by Crippen LogP contribution is 2.43. The van der Waals surface area contributed by atoms with Crippen LogP contribution in [0.3, 0.4) is 0 Å². The van der Waals surface area contributed by atoms with Crippen molar-refractivity contribution in [2.75, 3.05) is 5.32 Å². The van der Waals surface area contributed by atoms with Gasteiger partial charge in [-0.1, -0.05) is 0 Å². The van der Waals surface area contributed by atoms with Gasteiger partial charge in [0.1, 0.15) is 34.9 Å². The molecule has 1 aliphatic heterocycles. The number of aryl methyl sites for hydroxylation is 1. The van der Waals surface area contributed by atoms with E-state index in [9.17, 15) is 4.39 Å². The Labute approximate surface area is 169 Å². The Morgan fingerprint density at radius 3 is 2.60 bits per heavy atom. The molecule has 2 aromatic heterocycles. The van der Waals surface area contributed by atoms with Crippen molar-refractivity contribution >= 4 is 16.6 Å². The van der Waals surface area contributed by atoms with E-state index in [-0.39, 0.29) is 33.7 Å². The molecule has 0 bridgehead atoms. The highest BCUT2D eigenvalue weighted by atomic mass is 19.1. The fourth-order valence-electron chi connectivity index (χ4n) is 4.07. The Kier molecular flexibility index (Phi) is 3.56. The van der Waals surface area contributed by atoms with Gasteiger partial charge in [-0.3, -0.25) is 4.57 Å². The third-order valence-corrected chi connectivity index (χ3v) is 5.34. The van der Waals surface area contributed by atoms with Crippen molar-refractivity contribution < 1.29 is 13.2 Å². The minimum Gasteiger partial charge on any atom is -0.371 e. The molecule has 4 aromatic rings. The van der Waals surface area contributed by atoms with E-state index < -0.39 is 23.0 Å². The highest BCUT2D eigenvalue weighted by Gasteiger charge is 2.37. The molecule has 0 atom stereocenters. The molecular weight excluding hydrogens is 393 g/mol. The third-order valence-electron chi connectivity index (χ3n) is 5.34. The summed E-state index contributed by atoms with van der Waals surface area (Å²) in [4.78, 5) is 2.75. The molecule has 3 heterocycles. The lowest BCUT2D eigenvalue weighted by molar-refractivity contribution is 0.517. The standard InChI is InChI=1S/C21H15F3N6/c1-9-28-29-20-21(2,3)27-16-7-14(23)17(18(24)19(16)30(9)20)13-4-10(22)5-15-12(13)6-11(8-25)26-15/h4-7,26-27H,1-3H3. The second-order valence-corrected chi connectivity index (χ2v) is 7.81. The number of nitriles is 1. The number of hydrogen-bond acceptors (Lipinski definition) is 4. The van der Waals surface area contributed by atoms with Crippen molar-refractivity contribution in [1.29, 1.82) is 5.26 Å². The second kappa shape index (κ2) is 5.86. The molecule has 30 heavy (non-hydrogen) atoms. The van der Waals surface area contributed by atoms with Crippen LogP contribution in [0.15, 0.2) is 24.3 Å². The van der Waals surface area contributed by atoms with Gasteiger partial charge in [0.15, 0.2) is 11.6 Å². The topological polar surface area (TPSA) is 82.3 Å². The number of nitrogens with one attached hydrogen (secondary N) is 2. The van der Waals surface area contributed by atoms with Gasteiger partial charge in [0, 0.05) is 17.0 Å². The summed E-state index contributed by atoms with van der Waals surface area (Å²) >= 11 is 0. The third kappa shape index (κ3) is 2.37. The minimum atomic E-state index is -0.872. The van der Waals surface area contributed by atoms with E-state index in [1.807, 2.05) is 19.9 Å². The predicted molar refractivity (Wildman–Crippen MR) is 105 cm³/mol. The van der Waals surface area contributed by atoms with Gasteiger partial charge < -0.3 is 10.3 Å². The van der Waals surface area contributed by atoms with Gasteiger partial charge in [0.2, 0.25) is 0 Å². The Bertz CT molecular complexity index is 1410. The molecule has 6 nitrogen and oxygen atoms in total. The Morgan fingerprint density at radius 1 is 1.10 bits per heavy atom. The molecular formula is C21H15F3N6. The molecule has 1 aliphatic rings.